The maximum absolute atomic E-state index is 12.2. The molecule has 6 rings (SSSR count). The van der Waals surface area contributed by atoms with Crippen LogP contribution in [0.3, 0.4) is 0 Å². The van der Waals surface area contributed by atoms with Gasteiger partial charge in [-0.25, -0.2) is 0 Å². The van der Waals surface area contributed by atoms with E-state index >= 15 is 0 Å². The molecule has 0 spiro atoms. The molecule has 0 bridgehead atoms. The predicted molar refractivity (Wildman–Crippen MR) is 176 cm³/mol. The van der Waals surface area contributed by atoms with Gasteiger partial charge in [0.25, 0.3) is 0 Å². The van der Waals surface area contributed by atoms with Crippen LogP contribution in [-0.2, 0) is 18.9 Å². The second kappa shape index (κ2) is 15.2. The van der Waals surface area contributed by atoms with E-state index < -0.39 is 97.2 Å². The van der Waals surface area contributed by atoms with E-state index in [0.717, 1.165) is 24.3 Å². The maximum atomic E-state index is 12.2. The van der Waals surface area contributed by atoms with Crippen LogP contribution < -0.4 is 10.2 Å². The fraction of sp³-hybridized carbons (Fsp3) is 0.314. The zero-order chi connectivity index (χ0) is 37.3. The molecular weight excluding hydrogens is 692 g/mol. The van der Waals surface area contributed by atoms with Gasteiger partial charge in [-0.15, -0.1) is 0 Å². The molecule has 3 heterocycles. The van der Waals surface area contributed by atoms with Crippen molar-refractivity contribution in [2.45, 2.75) is 55.3 Å². The number of phenolic OH excluding ortho intramolecular Hbond substituents is 4. The van der Waals surface area contributed by atoms with Crippen LogP contribution in [0.1, 0.15) is 5.56 Å². The zero-order valence-electron chi connectivity index (χ0n) is 26.9. The first kappa shape index (κ1) is 36.5. The van der Waals surface area contributed by atoms with Gasteiger partial charge in [0.15, 0.2) is 46.9 Å². The van der Waals surface area contributed by atoms with Crippen molar-refractivity contribution in [2.75, 3.05) is 13.2 Å². The molecule has 0 radical (unpaired) electrons. The summed E-state index contributed by atoms with van der Waals surface area (Å²) < 4.78 is 34.6. The van der Waals surface area contributed by atoms with E-state index in [-0.39, 0.29) is 34.1 Å². The molecule has 17 heteroatoms. The number of benzene rings is 3. The van der Waals surface area contributed by atoms with Crippen LogP contribution >= 0.6 is 0 Å². The molecule has 17 nitrogen and oxygen atoms in total. The number of carbonyl (C=O) groups excluding carboxylic acids is 1. The predicted octanol–water partition coefficient (Wildman–Crippen LogP) is 0.116. The Hall–Kier alpha value is -5.24. The average Bonchev–Trinajstić information content (AvgIpc) is 3.11. The lowest BCUT2D eigenvalue weighted by Gasteiger charge is -2.44. The third kappa shape index (κ3) is 7.81. The molecule has 52 heavy (non-hydrogen) atoms. The molecule has 0 saturated carbocycles. The van der Waals surface area contributed by atoms with E-state index in [1.165, 1.54) is 36.4 Å². The zero-order valence-corrected chi connectivity index (χ0v) is 26.9. The number of hydrogen-bond acceptors (Lipinski definition) is 16. The molecule has 0 aromatic heterocycles. The third-order valence-electron chi connectivity index (χ3n) is 8.38. The standard InChI is InChI=1S/C35H34O17/c36-17-5-1-15(2-6-17)3-8-27(42)47-14-26-29(44)30(45)33(52-34-31(46)28(43)23(41)13-48-34)35(51-26)50-25-12-19-21(39)10-18(37)11-24(19)49-32(25)16-4-7-20(38)22(40)9-16/h1-12,23,26,28-31,33-36,38-41,43-46H,13-14H2/p+1/t23-,26-,28+,29-,30+,31-,33-,34+,35-/m1/s1. The van der Waals surface area contributed by atoms with Gasteiger partial charge in [0, 0.05) is 17.7 Å². The third-order valence-corrected chi connectivity index (χ3v) is 8.38. The lowest BCUT2D eigenvalue weighted by Crippen LogP contribution is -2.64. The van der Waals surface area contributed by atoms with Gasteiger partial charge in [-0.1, -0.05) is 12.1 Å². The molecule has 2 aromatic carbocycles. The molecule has 2 fully saturated rings. The van der Waals surface area contributed by atoms with Crippen molar-refractivity contribution in [3.8, 4) is 51.4 Å². The monoisotopic (exact) mass is 727 g/mol. The van der Waals surface area contributed by atoms with E-state index in [2.05, 4.69) is 0 Å². The molecule has 1 aliphatic carbocycles. The SMILES string of the molecule is O=c1cc2oc(-c3ccc(O)c(O)c3)c(O[C@@H]3O[C@H](COC(=[OH+])C=Cc4ccc(O)cc4)[C@@H](O)[C@H](O)[C@H]3O[C@@H]3OC[C@@H](O)[C@H](O)[C@H]3O)cc-2c(O)c1. The van der Waals surface area contributed by atoms with Crippen LogP contribution in [0.4, 0.5) is 0 Å². The van der Waals surface area contributed by atoms with Gasteiger partial charge < -0.3 is 78.9 Å². The van der Waals surface area contributed by atoms with Crippen molar-refractivity contribution in [3.63, 3.8) is 0 Å². The molecule has 276 valence electrons. The molecule has 9 atom stereocenters. The molecule has 2 saturated heterocycles. The van der Waals surface area contributed by atoms with Crippen LogP contribution in [0.25, 0.3) is 28.7 Å². The summed E-state index contributed by atoms with van der Waals surface area (Å²) >= 11 is 0. The first-order valence-corrected chi connectivity index (χ1v) is 15.8. The van der Waals surface area contributed by atoms with E-state index in [1.54, 1.807) is 12.1 Å². The number of aliphatic hydroxyl groups is 5. The highest BCUT2D eigenvalue weighted by Gasteiger charge is 2.51. The van der Waals surface area contributed by atoms with Crippen molar-refractivity contribution < 1.29 is 78.9 Å². The highest BCUT2D eigenvalue weighted by Crippen LogP contribution is 2.43. The van der Waals surface area contributed by atoms with Crippen LogP contribution in [0, 0.1) is 0 Å². The Bertz CT molecular complexity index is 1940. The molecule has 3 aliphatic heterocycles. The fourth-order valence-electron chi connectivity index (χ4n) is 5.56. The Morgan fingerprint density at radius 1 is 0.827 bits per heavy atom. The minimum Gasteiger partial charge on any atom is -0.508 e. The molecular formula is C35H35O17+. The second-order valence-corrected chi connectivity index (χ2v) is 12.1. The summed E-state index contributed by atoms with van der Waals surface area (Å²) in [6.45, 7) is -1.04. The number of ether oxygens (including phenoxy) is 5. The first-order valence-electron chi connectivity index (χ1n) is 15.8. The minimum atomic E-state index is -1.89. The van der Waals surface area contributed by atoms with Crippen molar-refractivity contribution in [1.82, 2.24) is 0 Å². The van der Waals surface area contributed by atoms with Crippen LogP contribution in [0.5, 0.6) is 28.7 Å². The molecule has 0 amide bonds. The van der Waals surface area contributed by atoms with Crippen molar-refractivity contribution in [3.05, 3.63) is 82.5 Å². The molecule has 10 N–H and O–H groups in total. The van der Waals surface area contributed by atoms with Crippen LogP contribution in [0.15, 0.2) is 76.0 Å². The summed E-state index contributed by atoms with van der Waals surface area (Å²) in [7, 11) is 0. The van der Waals surface area contributed by atoms with Gasteiger partial charge in [-0.3, -0.25) is 4.79 Å². The summed E-state index contributed by atoms with van der Waals surface area (Å²) in [5.41, 5.74) is 0.0897. The Kier molecular flexibility index (Phi) is 10.7. The van der Waals surface area contributed by atoms with Crippen LogP contribution in [0.2, 0.25) is 0 Å². The van der Waals surface area contributed by atoms with Crippen molar-refractivity contribution in [2.24, 2.45) is 0 Å². The first-order chi connectivity index (χ1) is 24.8. The van der Waals surface area contributed by atoms with Gasteiger partial charge in [0.1, 0.15) is 47.8 Å². The quantitative estimate of drug-likeness (QED) is 0.0479. The topological polar surface area (TPSA) is 280 Å². The summed E-state index contributed by atoms with van der Waals surface area (Å²) in [6.07, 6.45) is -12.6. The number of hydrogen-bond donors (Lipinski definition) is 9. The number of esters is 1. The number of fused-ring (bicyclic) bond motifs is 1. The molecule has 2 aromatic rings. The highest BCUT2D eigenvalue weighted by molar-refractivity contribution is 5.88. The minimum absolute atomic E-state index is 0.0156. The smallest absolute Gasteiger partial charge is 0.508 e. The van der Waals surface area contributed by atoms with Gasteiger partial charge in [0.05, 0.1) is 18.2 Å². The summed E-state index contributed by atoms with van der Waals surface area (Å²) in [4.78, 5) is 22.5. The maximum Gasteiger partial charge on any atom is 0.510 e. The van der Waals surface area contributed by atoms with Crippen molar-refractivity contribution >= 4 is 12.0 Å². The van der Waals surface area contributed by atoms with Crippen molar-refractivity contribution in [1.29, 1.82) is 0 Å². The van der Waals surface area contributed by atoms with Gasteiger partial charge in [-0.2, -0.15) is 0 Å². The Morgan fingerprint density at radius 2 is 1.58 bits per heavy atom. The normalized spacial score (nSPS) is 27.8. The van der Waals surface area contributed by atoms with Gasteiger partial charge >= 0.3 is 5.97 Å². The largest absolute Gasteiger partial charge is 0.510 e. The van der Waals surface area contributed by atoms with Crippen LogP contribution in [-0.4, -0.2) is 125 Å². The number of phenols is 4. The number of aromatic hydroxyl groups is 4. The Morgan fingerprint density at radius 3 is 2.31 bits per heavy atom. The molecule has 0 unspecified atom stereocenters. The average molecular weight is 728 g/mol. The van der Waals surface area contributed by atoms with E-state index in [0.29, 0.717) is 5.56 Å². The fourth-order valence-corrected chi connectivity index (χ4v) is 5.56. The molecule has 4 aliphatic rings. The number of rotatable bonds is 9. The Labute approximate surface area is 293 Å². The lowest BCUT2D eigenvalue weighted by atomic mass is 9.98. The Balaban J connectivity index is 1.33. The highest BCUT2D eigenvalue weighted by atomic mass is 16.8. The summed E-state index contributed by atoms with van der Waals surface area (Å²) in [5.74, 6) is -2.61. The summed E-state index contributed by atoms with van der Waals surface area (Å²) in [5, 5.41) is 93.2. The number of aliphatic hydroxyl groups excluding tert-OH is 5. The van der Waals surface area contributed by atoms with Gasteiger partial charge in [-0.05, 0) is 48.0 Å². The summed E-state index contributed by atoms with van der Waals surface area (Å²) in [6, 6.07) is 12.9. The van der Waals surface area contributed by atoms with E-state index in [9.17, 15) is 55.5 Å². The van der Waals surface area contributed by atoms with E-state index in [4.69, 9.17) is 28.1 Å². The van der Waals surface area contributed by atoms with Gasteiger partial charge in [0.2, 0.25) is 12.9 Å². The van der Waals surface area contributed by atoms with E-state index in [1.807, 2.05) is 0 Å². The lowest BCUT2D eigenvalue weighted by molar-refractivity contribution is -0.344. The second-order valence-electron chi connectivity index (χ2n) is 12.1.